The number of carboxylic acids is 1. The first-order valence-electron chi connectivity index (χ1n) is 7.45. The maximum Gasteiger partial charge on any atom is 0.344 e. The number of carbonyl (C=O) groups is 1. The molecule has 0 saturated carbocycles. The van der Waals surface area contributed by atoms with Crippen molar-refractivity contribution in [2.24, 2.45) is 0 Å². The zero-order valence-corrected chi connectivity index (χ0v) is 13.9. The van der Waals surface area contributed by atoms with E-state index in [2.05, 4.69) is 6.92 Å². The molecule has 0 fully saturated rings. The minimum Gasteiger partial charge on any atom is -0.481 e. The standard InChI is InChI=1S/C14H29O5P/c1-4-5-6-7-8-9-10-11-12-13(14(15)16)20(17,18-2)19-3/h13H,4-12H2,1-3H3,(H,15,16). The van der Waals surface area contributed by atoms with Gasteiger partial charge in [0.25, 0.3) is 0 Å². The van der Waals surface area contributed by atoms with Gasteiger partial charge in [-0.05, 0) is 6.42 Å². The van der Waals surface area contributed by atoms with Crippen LogP contribution in [0.5, 0.6) is 0 Å². The van der Waals surface area contributed by atoms with E-state index >= 15 is 0 Å². The van der Waals surface area contributed by atoms with Gasteiger partial charge in [0.05, 0.1) is 0 Å². The van der Waals surface area contributed by atoms with Crippen molar-refractivity contribution in [1.29, 1.82) is 0 Å². The second-order valence-corrected chi connectivity index (χ2v) is 7.46. The molecule has 0 saturated heterocycles. The summed E-state index contributed by atoms with van der Waals surface area (Å²) in [5, 5.41) is 9.14. The highest BCUT2D eigenvalue weighted by atomic mass is 31.2. The summed E-state index contributed by atoms with van der Waals surface area (Å²) in [5.74, 6) is -1.11. The van der Waals surface area contributed by atoms with Gasteiger partial charge < -0.3 is 14.2 Å². The molecule has 0 amide bonds. The fraction of sp³-hybridized carbons (Fsp3) is 0.929. The van der Waals surface area contributed by atoms with Crippen LogP contribution >= 0.6 is 7.60 Å². The molecule has 0 aromatic rings. The lowest BCUT2D eigenvalue weighted by atomic mass is 10.1. The Labute approximate surface area is 122 Å². The van der Waals surface area contributed by atoms with Crippen molar-refractivity contribution in [3.05, 3.63) is 0 Å². The summed E-state index contributed by atoms with van der Waals surface area (Å²) < 4.78 is 21.7. The predicted molar refractivity (Wildman–Crippen MR) is 80.3 cm³/mol. The number of rotatable bonds is 13. The van der Waals surface area contributed by atoms with E-state index in [0.717, 1.165) is 19.3 Å². The molecule has 6 heteroatoms. The largest absolute Gasteiger partial charge is 0.481 e. The van der Waals surface area contributed by atoms with Gasteiger partial charge in [-0.15, -0.1) is 0 Å². The summed E-state index contributed by atoms with van der Waals surface area (Å²) in [5.41, 5.74) is -1.06. The van der Waals surface area contributed by atoms with Crippen LogP contribution in [-0.2, 0) is 18.4 Å². The Balaban J connectivity index is 3.94. The molecule has 0 aromatic heterocycles. The predicted octanol–water partition coefficient (Wildman–Crippen LogP) is 4.46. The maximum atomic E-state index is 12.1. The molecular weight excluding hydrogens is 279 g/mol. The Morgan fingerprint density at radius 3 is 1.85 bits per heavy atom. The van der Waals surface area contributed by atoms with Crippen LogP contribution in [-0.4, -0.2) is 31.0 Å². The average Bonchev–Trinajstić information content (AvgIpc) is 2.44. The summed E-state index contributed by atoms with van der Waals surface area (Å²) in [7, 11) is -1.06. The summed E-state index contributed by atoms with van der Waals surface area (Å²) >= 11 is 0. The van der Waals surface area contributed by atoms with Gasteiger partial charge in [-0.25, -0.2) is 0 Å². The van der Waals surface area contributed by atoms with Crippen LogP contribution in [0.2, 0.25) is 0 Å². The second-order valence-electron chi connectivity index (χ2n) is 5.02. The summed E-state index contributed by atoms with van der Waals surface area (Å²) in [6.07, 6.45) is 9.36. The average molecular weight is 308 g/mol. The van der Waals surface area contributed by atoms with E-state index in [9.17, 15) is 9.36 Å². The van der Waals surface area contributed by atoms with Gasteiger partial charge in [0.15, 0.2) is 5.66 Å². The first-order valence-corrected chi connectivity index (χ1v) is 9.07. The van der Waals surface area contributed by atoms with E-state index in [0.29, 0.717) is 6.42 Å². The Morgan fingerprint density at radius 1 is 1.00 bits per heavy atom. The van der Waals surface area contributed by atoms with Crippen LogP contribution in [0, 0.1) is 0 Å². The van der Waals surface area contributed by atoms with Crippen molar-refractivity contribution in [3.63, 3.8) is 0 Å². The van der Waals surface area contributed by atoms with Gasteiger partial charge in [0.1, 0.15) is 0 Å². The highest BCUT2D eigenvalue weighted by Gasteiger charge is 2.39. The molecule has 0 aliphatic carbocycles. The lowest BCUT2D eigenvalue weighted by molar-refractivity contribution is -0.137. The molecule has 0 aromatic carbocycles. The van der Waals surface area contributed by atoms with Crippen molar-refractivity contribution in [2.75, 3.05) is 14.2 Å². The van der Waals surface area contributed by atoms with Crippen LogP contribution in [0.4, 0.5) is 0 Å². The molecule has 1 N–H and O–H groups in total. The molecule has 20 heavy (non-hydrogen) atoms. The second kappa shape index (κ2) is 11.3. The quantitative estimate of drug-likeness (QED) is 0.402. The minimum absolute atomic E-state index is 0.337. The van der Waals surface area contributed by atoms with Gasteiger partial charge in [-0.3, -0.25) is 9.36 Å². The van der Waals surface area contributed by atoms with Gasteiger partial charge in [-0.2, -0.15) is 0 Å². The third-order valence-corrected chi connectivity index (χ3v) is 5.77. The van der Waals surface area contributed by atoms with E-state index < -0.39 is 19.2 Å². The number of hydrogen-bond acceptors (Lipinski definition) is 4. The van der Waals surface area contributed by atoms with Gasteiger partial charge >= 0.3 is 13.6 Å². The Bertz CT molecular complexity index is 298. The number of hydrogen-bond donors (Lipinski definition) is 1. The SMILES string of the molecule is CCCCCCCCCCC(C(=O)O)P(=O)(OC)OC. The lowest BCUT2D eigenvalue weighted by Gasteiger charge is -2.20. The number of carboxylic acid groups (broad SMARTS) is 1. The number of aliphatic carboxylic acids is 1. The Morgan fingerprint density at radius 2 is 1.45 bits per heavy atom. The fourth-order valence-electron chi connectivity index (χ4n) is 2.22. The highest BCUT2D eigenvalue weighted by molar-refractivity contribution is 7.55. The zero-order valence-electron chi connectivity index (χ0n) is 13.0. The molecule has 0 aliphatic rings. The molecule has 0 spiro atoms. The molecule has 0 radical (unpaired) electrons. The monoisotopic (exact) mass is 308 g/mol. The van der Waals surface area contributed by atoms with E-state index in [1.165, 1.54) is 46.3 Å². The fourth-order valence-corrected chi connectivity index (χ4v) is 3.64. The molecule has 0 rings (SSSR count). The molecule has 0 bridgehead atoms. The van der Waals surface area contributed by atoms with Crippen molar-refractivity contribution >= 4 is 13.6 Å². The third-order valence-electron chi connectivity index (χ3n) is 3.51. The molecule has 120 valence electrons. The first-order chi connectivity index (χ1) is 9.51. The molecule has 1 atom stereocenters. The summed E-state index contributed by atoms with van der Waals surface area (Å²) in [4.78, 5) is 11.2. The summed E-state index contributed by atoms with van der Waals surface area (Å²) in [6, 6.07) is 0. The van der Waals surface area contributed by atoms with Crippen LogP contribution in [0.1, 0.15) is 64.7 Å². The van der Waals surface area contributed by atoms with Crippen LogP contribution in [0.25, 0.3) is 0 Å². The molecule has 1 unspecified atom stereocenters. The van der Waals surface area contributed by atoms with Crippen molar-refractivity contribution in [2.45, 2.75) is 70.4 Å². The molecule has 0 aliphatic heterocycles. The van der Waals surface area contributed by atoms with Crippen LogP contribution < -0.4 is 0 Å². The van der Waals surface area contributed by atoms with Crippen LogP contribution in [0.15, 0.2) is 0 Å². The maximum absolute atomic E-state index is 12.1. The Hall–Kier alpha value is -0.380. The lowest BCUT2D eigenvalue weighted by Crippen LogP contribution is -2.22. The van der Waals surface area contributed by atoms with E-state index in [1.54, 1.807) is 0 Å². The molecular formula is C14H29O5P. The van der Waals surface area contributed by atoms with Gasteiger partial charge in [0, 0.05) is 14.2 Å². The topological polar surface area (TPSA) is 72.8 Å². The normalized spacial score (nSPS) is 13.3. The van der Waals surface area contributed by atoms with Crippen molar-refractivity contribution < 1.29 is 23.5 Å². The van der Waals surface area contributed by atoms with Gasteiger partial charge in [0.2, 0.25) is 0 Å². The summed E-state index contributed by atoms with van der Waals surface area (Å²) in [6.45, 7) is 2.19. The first kappa shape index (κ1) is 19.6. The smallest absolute Gasteiger partial charge is 0.344 e. The molecule has 0 heterocycles. The van der Waals surface area contributed by atoms with Crippen molar-refractivity contribution in [1.82, 2.24) is 0 Å². The minimum atomic E-state index is -3.52. The third kappa shape index (κ3) is 7.41. The van der Waals surface area contributed by atoms with Gasteiger partial charge in [-0.1, -0.05) is 58.3 Å². The Kier molecular flexibility index (Phi) is 11.1. The van der Waals surface area contributed by atoms with Crippen LogP contribution in [0.3, 0.4) is 0 Å². The number of unbranched alkanes of at least 4 members (excludes halogenated alkanes) is 7. The van der Waals surface area contributed by atoms with E-state index in [1.807, 2.05) is 0 Å². The highest BCUT2D eigenvalue weighted by Crippen LogP contribution is 2.53. The zero-order chi connectivity index (χ0) is 15.4. The van der Waals surface area contributed by atoms with E-state index in [4.69, 9.17) is 14.2 Å². The molecule has 5 nitrogen and oxygen atoms in total. The van der Waals surface area contributed by atoms with Crippen molar-refractivity contribution in [3.8, 4) is 0 Å². The van der Waals surface area contributed by atoms with E-state index in [-0.39, 0.29) is 0 Å².